The molecule has 1 atom stereocenters. The molecule has 1 unspecified atom stereocenters. The van der Waals surface area contributed by atoms with Crippen molar-refractivity contribution >= 4 is 16.2 Å². The number of aliphatic carboxylic acids is 1. The quantitative estimate of drug-likeness (QED) is 0.767. The molecule has 2 aliphatic heterocycles. The molecule has 2 N–H and O–H groups in total. The van der Waals surface area contributed by atoms with Gasteiger partial charge in [-0.2, -0.15) is 17.0 Å². The van der Waals surface area contributed by atoms with Crippen molar-refractivity contribution in [3.63, 3.8) is 0 Å². The van der Waals surface area contributed by atoms with Crippen LogP contribution < -0.4 is 0 Å². The maximum atomic E-state index is 12.5. The molecule has 0 saturated carbocycles. The maximum absolute atomic E-state index is 12.5. The second-order valence-electron chi connectivity index (χ2n) is 6.00. The molecule has 2 fully saturated rings. The van der Waals surface area contributed by atoms with E-state index in [1.165, 1.54) is 8.61 Å². The highest BCUT2D eigenvalue weighted by Gasteiger charge is 2.36. The van der Waals surface area contributed by atoms with Crippen molar-refractivity contribution in [1.29, 1.82) is 0 Å². The van der Waals surface area contributed by atoms with Crippen molar-refractivity contribution in [2.75, 3.05) is 26.2 Å². The zero-order valence-corrected chi connectivity index (χ0v) is 13.1. The Bertz CT molecular complexity index is 463. The van der Waals surface area contributed by atoms with Gasteiger partial charge in [0.2, 0.25) is 0 Å². The molecule has 0 radical (unpaired) electrons. The Morgan fingerprint density at radius 1 is 1.05 bits per heavy atom. The highest BCUT2D eigenvalue weighted by molar-refractivity contribution is 7.86. The largest absolute Gasteiger partial charge is 0.481 e. The van der Waals surface area contributed by atoms with Gasteiger partial charge in [0.15, 0.2) is 0 Å². The molecule has 0 aromatic carbocycles. The summed E-state index contributed by atoms with van der Waals surface area (Å²) in [6.45, 7) is 3.14. The summed E-state index contributed by atoms with van der Waals surface area (Å²) in [5.41, 5.74) is 0. The van der Waals surface area contributed by atoms with E-state index < -0.39 is 28.2 Å². The van der Waals surface area contributed by atoms with Crippen LogP contribution in [0.3, 0.4) is 0 Å². The average molecular weight is 320 g/mol. The van der Waals surface area contributed by atoms with Gasteiger partial charge in [0.25, 0.3) is 10.2 Å². The summed E-state index contributed by atoms with van der Waals surface area (Å²) in [4.78, 5) is 10.9. The lowest BCUT2D eigenvalue weighted by Gasteiger charge is -2.37. The molecular formula is C13H24N2O5S. The first-order chi connectivity index (χ1) is 9.82. The number of piperidine rings is 2. The lowest BCUT2D eigenvalue weighted by atomic mass is 9.93. The number of aliphatic hydroxyl groups excluding tert-OH is 1. The van der Waals surface area contributed by atoms with Crippen molar-refractivity contribution in [1.82, 2.24) is 8.61 Å². The van der Waals surface area contributed by atoms with E-state index >= 15 is 0 Å². The van der Waals surface area contributed by atoms with E-state index in [9.17, 15) is 18.3 Å². The predicted octanol–water partition coefficient (Wildman–Crippen LogP) is 0.121. The summed E-state index contributed by atoms with van der Waals surface area (Å²) in [7, 11) is -3.49. The SMILES string of the molecule is CC(O)C1CCN(S(=O)(=O)N2CCC(C(=O)O)CC2)CC1. The van der Waals surface area contributed by atoms with Crippen LogP contribution in [0, 0.1) is 11.8 Å². The van der Waals surface area contributed by atoms with Gasteiger partial charge in [-0.3, -0.25) is 4.79 Å². The summed E-state index contributed by atoms with van der Waals surface area (Å²) < 4.78 is 27.9. The fourth-order valence-corrected chi connectivity index (χ4v) is 4.76. The number of hydrogen-bond acceptors (Lipinski definition) is 4. The predicted molar refractivity (Wildman–Crippen MR) is 76.8 cm³/mol. The molecule has 0 aliphatic carbocycles. The first kappa shape index (κ1) is 16.7. The van der Waals surface area contributed by atoms with Gasteiger partial charge in [-0.25, -0.2) is 0 Å². The first-order valence-electron chi connectivity index (χ1n) is 7.48. The molecule has 0 aromatic heterocycles. The highest BCUT2D eigenvalue weighted by Crippen LogP contribution is 2.26. The van der Waals surface area contributed by atoms with Gasteiger partial charge in [0.05, 0.1) is 12.0 Å². The number of hydrogen-bond donors (Lipinski definition) is 2. The molecule has 0 spiro atoms. The zero-order chi connectivity index (χ0) is 15.6. The van der Waals surface area contributed by atoms with Crippen LogP contribution in [0.4, 0.5) is 0 Å². The van der Waals surface area contributed by atoms with Gasteiger partial charge in [-0.1, -0.05) is 0 Å². The Balaban J connectivity index is 1.93. The summed E-state index contributed by atoms with van der Waals surface area (Å²) in [5.74, 6) is -1.11. The van der Waals surface area contributed by atoms with Crippen LogP contribution in [0.25, 0.3) is 0 Å². The van der Waals surface area contributed by atoms with Crippen molar-refractivity contribution in [2.45, 2.75) is 38.7 Å². The minimum Gasteiger partial charge on any atom is -0.481 e. The second-order valence-corrected chi connectivity index (χ2v) is 7.92. The summed E-state index contributed by atoms with van der Waals surface area (Å²) in [5, 5.41) is 18.5. The topological polar surface area (TPSA) is 98.2 Å². The second kappa shape index (κ2) is 6.60. The van der Waals surface area contributed by atoms with Crippen LogP contribution in [0.1, 0.15) is 32.6 Å². The van der Waals surface area contributed by atoms with Gasteiger partial charge in [-0.15, -0.1) is 0 Å². The molecule has 122 valence electrons. The Morgan fingerprint density at radius 3 is 1.86 bits per heavy atom. The van der Waals surface area contributed by atoms with Crippen molar-refractivity contribution in [3.8, 4) is 0 Å². The molecule has 2 aliphatic rings. The van der Waals surface area contributed by atoms with Crippen LogP contribution in [-0.2, 0) is 15.0 Å². The number of carbonyl (C=O) groups is 1. The molecule has 2 saturated heterocycles. The molecule has 0 bridgehead atoms. The van der Waals surface area contributed by atoms with E-state index in [2.05, 4.69) is 0 Å². The number of carboxylic acid groups (broad SMARTS) is 1. The third-order valence-electron chi connectivity index (χ3n) is 4.64. The molecule has 21 heavy (non-hydrogen) atoms. The highest BCUT2D eigenvalue weighted by atomic mass is 32.2. The molecule has 7 nitrogen and oxygen atoms in total. The van der Waals surface area contributed by atoms with Crippen molar-refractivity contribution in [2.24, 2.45) is 11.8 Å². The van der Waals surface area contributed by atoms with Gasteiger partial charge in [0.1, 0.15) is 0 Å². The Labute approximate surface area is 125 Å². The maximum Gasteiger partial charge on any atom is 0.306 e. The first-order valence-corrected chi connectivity index (χ1v) is 8.88. The lowest BCUT2D eigenvalue weighted by molar-refractivity contribution is -0.142. The van der Waals surface area contributed by atoms with Crippen molar-refractivity contribution < 1.29 is 23.4 Å². The molecule has 0 aromatic rings. The van der Waals surface area contributed by atoms with Crippen LogP contribution in [0.5, 0.6) is 0 Å². The van der Waals surface area contributed by atoms with Crippen molar-refractivity contribution in [3.05, 3.63) is 0 Å². The number of carboxylic acids is 1. The number of rotatable bonds is 4. The van der Waals surface area contributed by atoms with Crippen LogP contribution in [0.2, 0.25) is 0 Å². The number of aliphatic hydroxyl groups is 1. The smallest absolute Gasteiger partial charge is 0.306 e. The fourth-order valence-electron chi connectivity index (χ4n) is 3.09. The Kier molecular flexibility index (Phi) is 5.24. The fraction of sp³-hybridized carbons (Fsp3) is 0.923. The van der Waals surface area contributed by atoms with E-state index in [4.69, 9.17) is 5.11 Å². The average Bonchev–Trinajstić information content (AvgIpc) is 2.47. The molecule has 2 heterocycles. The summed E-state index contributed by atoms with van der Waals surface area (Å²) in [6.07, 6.45) is 1.68. The molecule has 8 heteroatoms. The lowest BCUT2D eigenvalue weighted by Crippen LogP contribution is -2.50. The standard InChI is InChI=1S/C13H24N2O5S/c1-10(16)11-2-6-14(7-3-11)21(19,20)15-8-4-12(5-9-15)13(17)18/h10-12,16H,2-9H2,1H3,(H,17,18). The Hall–Kier alpha value is -0.700. The molecule has 2 rings (SSSR count). The van der Waals surface area contributed by atoms with Crippen LogP contribution in [-0.4, -0.2) is 65.5 Å². The monoisotopic (exact) mass is 320 g/mol. The van der Waals surface area contributed by atoms with E-state index in [1.54, 1.807) is 6.92 Å². The third-order valence-corrected chi connectivity index (χ3v) is 6.67. The minimum absolute atomic E-state index is 0.161. The van der Waals surface area contributed by atoms with Gasteiger partial charge >= 0.3 is 5.97 Å². The molecular weight excluding hydrogens is 296 g/mol. The van der Waals surface area contributed by atoms with E-state index in [0.29, 0.717) is 38.8 Å². The molecule has 0 amide bonds. The van der Waals surface area contributed by atoms with E-state index in [1.807, 2.05) is 0 Å². The summed E-state index contributed by atoms with van der Waals surface area (Å²) in [6, 6.07) is 0. The normalized spacial score (nSPS) is 25.8. The minimum atomic E-state index is -3.49. The van der Waals surface area contributed by atoms with Gasteiger partial charge in [-0.05, 0) is 38.5 Å². The Morgan fingerprint density at radius 2 is 1.48 bits per heavy atom. The van der Waals surface area contributed by atoms with E-state index in [0.717, 1.165) is 0 Å². The zero-order valence-electron chi connectivity index (χ0n) is 12.3. The number of nitrogens with zero attached hydrogens (tertiary/aromatic N) is 2. The van der Waals surface area contributed by atoms with Crippen LogP contribution >= 0.6 is 0 Å². The van der Waals surface area contributed by atoms with Gasteiger partial charge < -0.3 is 10.2 Å². The van der Waals surface area contributed by atoms with Crippen LogP contribution in [0.15, 0.2) is 0 Å². The third kappa shape index (κ3) is 3.74. The van der Waals surface area contributed by atoms with Gasteiger partial charge in [0, 0.05) is 26.2 Å². The summed E-state index contributed by atoms with van der Waals surface area (Å²) >= 11 is 0. The van der Waals surface area contributed by atoms with E-state index in [-0.39, 0.29) is 19.0 Å².